The minimum atomic E-state index is -0.387. The Hall–Kier alpha value is -3.61. The van der Waals surface area contributed by atoms with Crippen LogP contribution in [-0.4, -0.2) is 34.5 Å². The maximum atomic E-state index is 12.7. The minimum absolute atomic E-state index is 0.0844. The van der Waals surface area contributed by atoms with Gasteiger partial charge in [-0.3, -0.25) is 9.59 Å². The fourth-order valence-corrected chi connectivity index (χ4v) is 3.54. The number of rotatable bonds is 7. The monoisotopic (exact) mass is 419 g/mol. The molecule has 31 heavy (non-hydrogen) atoms. The highest BCUT2D eigenvalue weighted by Gasteiger charge is 2.21. The highest BCUT2D eigenvalue weighted by atomic mass is 16.5. The molecule has 2 aromatic carbocycles. The molecule has 0 aliphatic carbocycles. The summed E-state index contributed by atoms with van der Waals surface area (Å²) in [6.45, 7) is 1.15. The Kier molecular flexibility index (Phi) is 6.31. The summed E-state index contributed by atoms with van der Waals surface area (Å²) in [5.41, 5.74) is 1.44. The Morgan fingerprint density at radius 1 is 1.06 bits per heavy atom. The number of ketones is 1. The molecule has 0 fully saturated rings. The van der Waals surface area contributed by atoms with Gasteiger partial charge in [-0.2, -0.15) is 0 Å². The normalized spacial score (nSPS) is 13.8. The molecule has 1 amide bonds. The second kappa shape index (κ2) is 9.47. The molecule has 0 unspecified atom stereocenters. The third-order valence-corrected chi connectivity index (χ3v) is 5.20. The van der Waals surface area contributed by atoms with Gasteiger partial charge in [-0.25, -0.2) is 4.98 Å². The number of benzene rings is 2. The summed E-state index contributed by atoms with van der Waals surface area (Å²) < 4.78 is 13.1. The van der Waals surface area contributed by atoms with Crippen LogP contribution < -0.4 is 14.8 Å². The molecule has 1 atom stereocenters. The Bertz CT molecular complexity index is 1060. The number of hydrogen-bond acceptors (Lipinski definition) is 5. The molecule has 2 heterocycles. The van der Waals surface area contributed by atoms with Crippen molar-refractivity contribution in [3.63, 3.8) is 0 Å². The summed E-state index contributed by atoms with van der Waals surface area (Å²) in [5, 5.41) is 3.02. The van der Waals surface area contributed by atoms with Gasteiger partial charge in [0.2, 0.25) is 5.91 Å². The molecule has 3 aromatic rings. The van der Waals surface area contributed by atoms with E-state index in [1.807, 2.05) is 48.1 Å². The molecule has 7 heteroatoms. The van der Waals surface area contributed by atoms with Gasteiger partial charge in [0.1, 0.15) is 11.9 Å². The second-order valence-corrected chi connectivity index (χ2v) is 7.44. The maximum absolute atomic E-state index is 12.7. The lowest BCUT2D eigenvalue weighted by Gasteiger charge is -2.19. The van der Waals surface area contributed by atoms with Crippen LogP contribution in [-0.2, 0) is 11.8 Å². The second-order valence-electron chi connectivity index (χ2n) is 7.44. The molecule has 0 spiro atoms. The molecule has 1 aliphatic rings. The van der Waals surface area contributed by atoms with Crippen molar-refractivity contribution in [2.24, 2.45) is 7.05 Å². The topological polar surface area (TPSA) is 82.5 Å². The maximum Gasteiger partial charge on any atom is 0.221 e. The zero-order valence-electron chi connectivity index (χ0n) is 17.4. The van der Waals surface area contributed by atoms with E-state index in [1.54, 1.807) is 24.4 Å². The van der Waals surface area contributed by atoms with E-state index in [-0.39, 0.29) is 30.6 Å². The van der Waals surface area contributed by atoms with Gasteiger partial charge < -0.3 is 19.4 Å². The van der Waals surface area contributed by atoms with E-state index < -0.39 is 0 Å². The molecule has 1 aromatic heterocycles. The van der Waals surface area contributed by atoms with Gasteiger partial charge in [-0.1, -0.05) is 30.3 Å². The summed E-state index contributed by atoms with van der Waals surface area (Å²) in [5.74, 6) is 1.63. The van der Waals surface area contributed by atoms with E-state index in [9.17, 15) is 9.59 Å². The zero-order valence-corrected chi connectivity index (χ0v) is 17.4. The molecule has 160 valence electrons. The lowest BCUT2D eigenvalue weighted by molar-refractivity contribution is -0.121. The van der Waals surface area contributed by atoms with Crippen molar-refractivity contribution in [3.8, 4) is 11.5 Å². The van der Waals surface area contributed by atoms with Crippen molar-refractivity contribution in [1.29, 1.82) is 0 Å². The van der Waals surface area contributed by atoms with E-state index >= 15 is 0 Å². The summed E-state index contributed by atoms with van der Waals surface area (Å²) in [4.78, 5) is 29.8. The first-order chi connectivity index (χ1) is 15.1. The van der Waals surface area contributed by atoms with Crippen molar-refractivity contribution in [2.75, 3.05) is 13.2 Å². The first-order valence-electron chi connectivity index (χ1n) is 10.4. The highest BCUT2D eigenvalue weighted by molar-refractivity contribution is 5.98. The molecule has 0 radical (unpaired) electrons. The molecule has 0 bridgehead atoms. The number of fused-ring (bicyclic) bond motifs is 1. The largest absolute Gasteiger partial charge is 0.490 e. The third kappa shape index (κ3) is 4.94. The van der Waals surface area contributed by atoms with Crippen LogP contribution in [0.1, 0.15) is 47.1 Å². The molecule has 7 nitrogen and oxygen atoms in total. The van der Waals surface area contributed by atoms with Crippen molar-refractivity contribution in [1.82, 2.24) is 14.9 Å². The fourth-order valence-electron chi connectivity index (χ4n) is 3.54. The van der Waals surface area contributed by atoms with E-state index in [2.05, 4.69) is 10.3 Å². The number of amides is 1. The summed E-state index contributed by atoms with van der Waals surface area (Å²) in [6, 6.07) is 14.4. The van der Waals surface area contributed by atoms with Gasteiger partial charge in [-0.15, -0.1) is 0 Å². The summed E-state index contributed by atoms with van der Waals surface area (Å²) in [7, 11) is 1.89. The quantitative estimate of drug-likeness (QED) is 0.593. The van der Waals surface area contributed by atoms with Gasteiger partial charge >= 0.3 is 0 Å². The summed E-state index contributed by atoms with van der Waals surface area (Å²) in [6.07, 6.45) is 4.53. The zero-order chi connectivity index (χ0) is 21.6. The molecule has 0 saturated carbocycles. The first kappa shape index (κ1) is 20.7. The Morgan fingerprint density at radius 3 is 2.58 bits per heavy atom. The van der Waals surface area contributed by atoms with E-state index in [4.69, 9.17) is 9.47 Å². The van der Waals surface area contributed by atoms with Gasteiger partial charge in [0.05, 0.1) is 13.2 Å². The summed E-state index contributed by atoms with van der Waals surface area (Å²) >= 11 is 0. The van der Waals surface area contributed by atoms with Crippen LogP contribution in [0.5, 0.6) is 11.5 Å². The number of ether oxygens (including phenoxy) is 2. The van der Waals surface area contributed by atoms with Crippen LogP contribution in [0.2, 0.25) is 0 Å². The number of carbonyl (C=O) groups excluding carboxylic acids is 2. The average molecular weight is 419 g/mol. The fraction of sp³-hybridized carbons (Fsp3) is 0.292. The average Bonchev–Trinajstić information content (AvgIpc) is 3.07. The van der Waals surface area contributed by atoms with Crippen molar-refractivity contribution < 1.29 is 19.1 Å². The Balaban J connectivity index is 1.41. The number of carbonyl (C=O) groups is 2. The van der Waals surface area contributed by atoms with Crippen molar-refractivity contribution in [2.45, 2.75) is 25.3 Å². The number of aromatic nitrogens is 2. The molecule has 4 rings (SSSR count). The predicted octanol–water partition coefficient (Wildman–Crippen LogP) is 3.45. The molecular formula is C24H25N3O4. The van der Waals surface area contributed by atoms with Crippen molar-refractivity contribution in [3.05, 3.63) is 77.9 Å². The van der Waals surface area contributed by atoms with Crippen LogP contribution in [0.15, 0.2) is 60.9 Å². The Labute approximate surface area is 181 Å². The van der Waals surface area contributed by atoms with E-state index in [1.165, 1.54) is 0 Å². The van der Waals surface area contributed by atoms with Crippen molar-refractivity contribution >= 4 is 11.7 Å². The lowest BCUT2D eigenvalue weighted by Crippen LogP contribution is -2.31. The smallest absolute Gasteiger partial charge is 0.221 e. The molecule has 1 aliphatic heterocycles. The third-order valence-electron chi connectivity index (χ3n) is 5.20. The van der Waals surface area contributed by atoms with Gasteiger partial charge in [0, 0.05) is 44.3 Å². The van der Waals surface area contributed by atoms with Crippen LogP contribution >= 0.6 is 0 Å². The van der Waals surface area contributed by atoms with Crippen LogP contribution in [0.4, 0.5) is 0 Å². The number of Topliss-reactive ketones (excluding diaryl/α,β-unsaturated/α-hetero) is 1. The number of hydrogen-bond donors (Lipinski definition) is 1. The number of aryl methyl sites for hydroxylation is 1. The Morgan fingerprint density at radius 2 is 1.84 bits per heavy atom. The van der Waals surface area contributed by atoms with Crippen LogP contribution in [0, 0.1) is 0 Å². The van der Waals surface area contributed by atoms with Crippen LogP contribution in [0.3, 0.4) is 0 Å². The SMILES string of the molecule is Cn1ccnc1[C@@H](NC(=O)CCC(=O)c1ccc2c(c1)OCCCO2)c1ccccc1. The number of nitrogens with one attached hydrogen (secondary N) is 1. The van der Waals surface area contributed by atoms with E-state index in [0.29, 0.717) is 30.3 Å². The minimum Gasteiger partial charge on any atom is -0.490 e. The van der Waals surface area contributed by atoms with Gasteiger partial charge in [0.15, 0.2) is 17.3 Å². The molecule has 1 N–H and O–H groups in total. The number of imidazole rings is 1. The standard InChI is InChI=1S/C24H25N3O4/c1-27-13-12-25-24(27)23(17-6-3-2-4-7-17)26-22(29)11-9-19(28)18-8-10-20-21(16-18)31-15-5-14-30-20/h2-4,6-8,10,12-13,16,23H,5,9,11,14-15H2,1H3,(H,26,29)/t23-/m0/s1. The highest BCUT2D eigenvalue weighted by Crippen LogP contribution is 2.31. The first-order valence-corrected chi connectivity index (χ1v) is 10.4. The predicted molar refractivity (Wildman–Crippen MR) is 115 cm³/mol. The van der Waals surface area contributed by atoms with Gasteiger partial charge in [0.25, 0.3) is 0 Å². The lowest BCUT2D eigenvalue weighted by atomic mass is 10.0. The van der Waals surface area contributed by atoms with E-state index in [0.717, 1.165) is 17.8 Å². The molecular weight excluding hydrogens is 394 g/mol. The number of nitrogens with zero attached hydrogens (tertiary/aromatic N) is 2. The van der Waals surface area contributed by atoms with Gasteiger partial charge in [-0.05, 0) is 23.8 Å². The van der Waals surface area contributed by atoms with Crippen LogP contribution in [0.25, 0.3) is 0 Å². The molecule has 0 saturated heterocycles.